The maximum atomic E-state index is 11.9. The fraction of sp³-hybridized carbons (Fsp3) is 0.938. The quantitative estimate of drug-likeness (QED) is 0.714. The van der Waals surface area contributed by atoms with Crippen molar-refractivity contribution in [1.82, 2.24) is 15.5 Å². The Labute approximate surface area is 132 Å². The number of piperidine rings is 1. The van der Waals surface area contributed by atoms with E-state index in [0.717, 1.165) is 38.4 Å². The van der Waals surface area contributed by atoms with Crippen molar-refractivity contribution in [2.75, 3.05) is 26.2 Å². The fourth-order valence-electron chi connectivity index (χ4n) is 3.42. The third kappa shape index (κ3) is 3.91. The lowest BCUT2D eigenvalue weighted by atomic mass is 9.93. The molecule has 2 saturated heterocycles. The Hall–Kier alpha value is -0.850. The molecule has 6 nitrogen and oxygen atoms in total. The first-order chi connectivity index (χ1) is 10.6. The molecule has 3 unspecified atom stereocenters. The molecule has 22 heavy (non-hydrogen) atoms. The van der Waals surface area contributed by atoms with Gasteiger partial charge in [0.25, 0.3) is 0 Å². The van der Waals surface area contributed by atoms with Crippen molar-refractivity contribution in [1.29, 1.82) is 0 Å². The van der Waals surface area contributed by atoms with Gasteiger partial charge in [0.05, 0.1) is 18.8 Å². The molecule has 2 heterocycles. The summed E-state index contributed by atoms with van der Waals surface area (Å²) in [4.78, 5) is 14.2. The molecule has 0 spiro atoms. The maximum Gasteiger partial charge on any atom is 0.315 e. The van der Waals surface area contributed by atoms with Crippen LogP contribution >= 0.6 is 0 Å². The molecule has 1 aliphatic carbocycles. The van der Waals surface area contributed by atoms with E-state index in [-0.39, 0.29) is 18.2 Å². The van der Waals surface area contributed by atoms with Crippen LogP contribution in [0.5, 0.6) is 0 Å². The van der Waals surface area contributed by atoms with Gasteiger partial charge in [0.2, 0.25) is 0 Å². The number of nitrogens with one attached hydrogen (secondary N) is 2. The molecule has 0 aromatic rings. The Morgan fingerprint density at radius 2 is 1.95 bits per heavy atom. The summed E-state index contributed by atoms with van der Waals surface area (Å²) in [5.74, 6) is 0.801. The number of aliphatic hydroxyl groups is 1. The molecule has 2 aliphatic heterocycles. The van der Waals surface area contributed by atoms with Crippen LogP contribution in [0.3, 0.4) is 0 Å². The number of aliphatic hydroxyl groups excluding tert-OH is 1. The lowest BCUT2D eigenvalue weighted by Gasteiger charge is -2.32. The van der Waals surface area contributed by atoms with Crippen molar-refractivity contribution < 1.29 is 14.6 Å². The van der Waals surface area contributed by atoms with Crippen molar-refractivity contribution in [3.8, 4) is 0 Å². The van der Waals surface area contributed by atoms with Gasteiger partial charge in [-0.05, 0) is 51.1 Å². The van der Waals surface area contributed by atoms with Gasteiger partial charge >= 0.3 is 6.03 Å². The highest BCUT2D eigenvalue weighted by atomic mass is 16.5. The van der Waals surface area contributed by atoms with Gasteiger partial charge in [-0.25, -0.2) is 4.79 Å². The maximum absolute atomic E-state index is 11.9. The van der Waals surface area contributed by atoms with Gasteiger partial charge in [0.15, 0.2) is 0 Å². The van der Waals surface area contributed by atoms with Crippen LogP contribution in [-0.2, 0) is 4.74 Å². The number of likely N-dealkylation sites (tertiary alicyclic amines) is 1. The van der Waals surface area contributed by atoms with Crippen LogP contribution in [0.2, 0.25) is 0 Å². The minimum Gasteiger partial charge on any atom is -0.388 e. The minimum absolute atomic E-state index is 0.176. The second-order valence-corrected chi connectivity index (χ2v) is 7.20. The standard InChI is InChI=1S/C16H29N3O3/c1-11-5-7-19(8-6-11)9-14-15(20)13(10-22-14)18-16(21)17-12-3-2-4-12/h11-15,20H,2-10H2,1H3,(H2,17,18,21). The van der Waals surface area contributed by atoms with Gasteiger partial charge < -0.3 is 25.4 Å². The second kappa shape index (κ2) is 7.15. The van der Waals surface area contributed by atoms with Crippen LogP contribution in [0, 0.1) is 5.92 Å². The van der Waals surface area contributed by atoms with E-state index >= 15 is 0 Å². The highest BCUT2D eigenvalue weighted by Gasteiger charge is 2.38. The first kappa shape index (κ1) is 16.0. The van der Waals surface area contributed by atoms with Crippen molar-refractivity contribution in [2.24, 2.45) is 5.92 Å². The number of urea groups is 1. The van der Waals surface area contributed by atoms with Gasteiger partial charge in [-0.1, -0.05) is 6.92 Å². The molecule has 3 atom stereocenters. The topological polar surface area (TPSA) is 73.8 Å². The number of hydrogen-bond donors (Lipinski definition) is 3. The first-order valence-corrected chi connectivity index (χ1v) is 8.71. The third-order valence-electron chi connectivity index (χ3n) is 5.35. The number of rotatable bonds is 4. The van der Waals surface area contributed by atoms with Gasteiger partial charge in [-0.3, -0.25) is 0 Å². The molecule has 3 aliphatic rings. The summed E-state index contributed by atoms with van der Waals surface area (Å²) in [6.07, 6.45) is 4.94. The Morgan fingerprint density at radius 1 is 1.23 bits per heavy atom. The Bertz CT molecular complexity index is 381. The van der Waals surface area contributed by atoms with E-state index in [9.17, 15) is 9.90 Å². The lowest BCUT2D eigenvalue weighted by Crippen LogP contribution is -2.53. The summed E-state index contributed by atoms with van der Waals surface area (Å²) in [5.41, 5.74) is 0. The molecule has 0 bridgehead atoms. The first-order valence-electron chi connectivity index (χ1n) is 8.71. The van der Waals surface area contributed by atoms with Gasteiger partial charge in [0.1, 0.15) is 6.10 Å². The predicted octanol–water partition coefficient (Wildman–Crippen LogP) is 0.698. The van der Waals surface area contributed by atoms with Gasteiger partial charge in [0, 0.05) is 12.6 Å². The molecule has 0 aromatic carbocycles. The Morgan fingerprint density at radius 3 is 2.59 bits per heavy atom. The van der Waals surface area contributed by atoms with Crippen LogP contribution in [0.1, 0.15) is 39.0 Å². The number of nitrogens with zero attached hydrogens (tertiary/aromatic N) is 1. The van der Waals surface area contributed by atoms with E-state index in [4.69, 9.17) is 4.74 Å². The lowest BCUT2D eigenvalue weighted by molar-refractivity contribution is 0.00879. The second-order valence-electron chi connectivity index (χ2n) is 7.20. The molecule has 3 rings (SSSR count). The van der Waals surface area contributed by atoms with Crippen molar-refractivity contribution in [2.45, 2.75) is 63.3 Å². The average molecular weight is 311 g/mol. The minimum atomic E-state index is -0.619. The number of carbonyl (C=O) groups is 1. The Kier molecular flexibility index (Phi) is 5.21. The Balaban J connectivity index is 1.41. The van der Waals surface area contributed by atoms with E-state index in [1.807, 2.05) is 0 Å². The summed E-state index contributed by atoms with van der Waals surface area (Å²) in [5, 5.41) is 16.2. The van der Waals surface area contributed by atoms with Crippen molar-refractivity contribution >= 4 is 6.03 Å². The summed E-state index contributed by atoms with van der Waals surface area (Å²) < 4.78 is 5.72. The van der Waals surface area contributed by atoms with Crippen molar-refractivity contribution in [3.05, 3.63) is 0 Å². The number of carbonyl (C=O) groups excluding carboxylic acids is 1. The summed E-state index contributed by atoms with van der Waals surface area (Å²) in [7, 11) is 0. The molecule has 2 amide bonds. The highest BCUT2D eigenvalue weighted by molar-refractivity contribution is 5.74. The number of hydrogen-bond acceptors (Lipinski definition) is 4. The van der Waals surface area contributed by atoms with E-state index in [0.29, 0.717) is 12.6 Å². The van der Waals surface area contributed by atoms with E-state index in [1.165, 1.54) is 19.3 Å². The number of amides is 2. The molecule has 1 saturated carbocycles. The molecule has 3 fully saturated rings. The average Bonchev–Trinajstić information content (AvgIpc) is 2.78. The SMILES string of the molecule is CC1CCN(CC2OCC(NC(=O)NC3CCC3)C2O)CC1. The zero-order chi connectivity index (χ0) is 15.5. The van der Waals surface area contributed by atoms with Crippen molar-refractivity contribution in [3.63, 3.8) is 0 Å². The van der Waals surface area contributed by atoms with Gasteiger partial charge in [-0.2, -0.15) is 0 Å². The largest absolute Gasteiger partial charge is 0.388 e. The number of ether oxygens (including phenoxy) is 1. The molecular weight excluding hydrogens is 282 g/mol. The summed E-state index contributed by atoms with van der Waals surface area (Å²) in [6.45, 7) is 5.60. The molecule has 0 radical (unpaired) electrons. The summed E-state index contributed by atoms with van der Waals surface area (Å²) >= 11 is 0. The normalized spacial score (nSPS) is 34.4. The predicted molar refractivity (Wildman–Crippen MR) is 83.7 cm³/mol. The molecular formula is C16H29N3O3. The summed E-state index contributed by atoms with van der Waals surface area (Å²) in [6, 6.07) is -0.163. The third-order valence-corrected chi connectivity index (χ3v) is 5.35. The van der Waals surface area contributed by atoms with Crippen LogP contribution in [0.4, 0.5) is 4.79 Å². The van der Waals surface area contributed by atoms with E-state index in [1.54, 1.807) is 0 Å². The molecule has 3 N–H and O–H groups in total. The monoisotopic (exact) mass is 311 g/mol. The zero-order valence-corrected chi connectivity index (χ0v) is 13.5. The zero-order valence-electron chi connectivity index (χ0n) is 13.5. The smallest absolute Gasteiger partial charge is 0.315 e. The van der Waals surface area contributed by atoms with Crippen LogP contribution in [0.25, 0.3) is 0 Å². The van der Waals surface area contributed by atoms with E-state index in [2.05, 4.69) is 22.5 Å². The fourth-order valence-corrected chi connectivity index (χ4v) is 3.42. The van der Waals surface area contributed by atoms with Gasteiger partial charge in [-0.15, -0.1) is 0 Å². The van der Waals surface area contributed by atoms with Crippen LogP contribution in [-0.4, -0.2) is 66.6 Å². The van der Waals surface area contributed by atoms with Crippen LogP contribution in [0.15, 0.2) is 0 Å². The molecule has 0 aromatic heterocycles. The molecule has 126 valence electrons. The van der Waals surface area contributed by atoms with E-state index < -0.39 is 6.10 Å². The van der Waals surface area contributed by atoms with Crippen LogP contribution < -0.4 is 10.6 Å². The molecule has 6 heteroatoms. The highest BCUT2D eigenvalue weighted by Crippen LogP contribution is 2.21.